The summed E-state index contributed by atoms with van der Waals surface area (Å²) in [6, 6.07) is 4.18. The Morgan fingerprint density at radius 2 is 2.22 bits per heavy atom. The molecule has 0 radical (unpaired) electrons. The van der Waals surface area contributed by atoms with Gasteiger partial charge < -0.3 is 10.5 Å². The van der Waals surface area contributed by atoms with Crippen LogP contribution in [0, 0.1) is 11.7 Å². The average molecular weight is 270 g/mol. The first kappa shape index (κ1) is 14.4. The van der Waals surface area contributed by atoms with Gasteiger partial charge in [0.15, 0.2) is 0 Å². The van der Waals surface area contributed by atoms with E-state index >= 15 is 0 Å². The van der Waals surface area contributed by atoms with Gasteiger partial charge in [-0.05, 0) is 18.1 Å². The highest BCUT2D eigenvalue weighted by atomic mass is 32.1. The molecule has 6 heteroatoms. The molecule has 0 aliphatic heterocycles. The summed E-state index contributed by atoms with van der Waals surface area (Å²) in [5.41, 5.74) is 5.63. The van der Waals surface area contributed by atoms with Crippen molar-refractivity contribution in [3.63, 3.8) is 0 Å². The van der Waals surface area contributed by atoms with E-state index in [0.29, 0.717) is 0 Å². The molecule has 0 heterocycles. The zero-order valence-electron chi connectivity index (χ0n) is 10.2. The molecule has 0 unspecified atom stereocenters. The molecule has 0 aliphatic carbocycles. The second-order valence-electron chi connectivity index (χ2n) is 4.14. The number of hydrogen-bond acceptors (Lipinski definition) is 3. The Hall–Kier alpha value is -1.69. The van der Waals surface area contributed by atoms with Crippen molar-refractivity contribution in [2.24, 2.45) is 11.7 Å². The maximum Gasteiger partial charge on any atom is 0.411 e. The van der Waals surface area contributed by atoms with E-state index in [9.17, 15) is 9.18 Å². The minimum absolute atomic E-state index is 0.00833. The van der Waals surface area contributed by atoms with Crippen LogP contribution < -0.4 is 11.1 Å². The first-order valence-corrected chi connectivity index (χ1v) is 5.84. The van der Waals surface area contributed by atoms with E-state index in [2.05, 4.69) is 5.32 Å². The lowest BCUT2D eigenvalue weighted by atomic mass is 10.1. The van der Waals surface area contributed by atoms with Crippen LogP contribution in [-0.2, 0) is 4.74 Å². The predicted molar refractivity (Wildman–Crippen MR) is 72.1 cm³/mol. The molecule has 4 nitrogen and oxygen atoms in total. The van der Waals surface area contributed by atoms with Gasteiger partial charge in [-0.3, -0.25) is 5.32 Å². The fourth-order valence-corrected chi connectivity index (χ4v) is 1.47. The number of amides is 1. The number of thiocarbonyl (C=S) groups is 1. The first-order valence-electron chi connectivity index (χ1n) is 5.44. The molecule has 0 bridgehead atoms. The summed E-state index contributed by atoms with van der Waals surface area (Å²) in [6.45, 7) is 4.11. The summed E-state index contributed by atoms with van der Waals surface area (Å²) in [5.74, 6) is -0.359. The van der Waals surface area contributed by atoms with Crippen LogP contribution in [0.5, 0.6) is 0 Å². The van der Waals surface area contributed by atoms with Crippen LogP contribution in [0.15, 0.2) is 18.2 Å². The van der Waals surface area contributed by atoms with Crippen LogP contribution in [0.25, 0.3) is 0 Å². The molecule has 1 rings (SSSR count). The Morgan fingerprint density at radius 3 is 2.78 bits per heavy atom. The lowest BCUT2D eigenvalue weighted by Crippen LogP contribution is -2.20. The van der Waals surface area contributed by atoms with Crippen molar-refractivity contribution in [2.75, 3.05) is 11.9 Å². The number of ether oxygens (including phenoxy) is 1. The fraction of sp³-hybridized carbons (Fsp3) is 0.333. The summed E-state index contributed by atoms with van der Waals surface area (Å²) in [5, 5.41) is 2.42. The van der Waals surface area contributed by atoms with Gasteiger partial charge in [-0.1, -0.05) is 32.1 Å². The highest BCUT2D eigenvalue weighted by molar-refractivity contribution is 7.80. The maximum atomic E-state index is 13.5. The van der Waals surface area contributed by atoms with Crippen molar-refractivity contribution in [1.29, 1.82) is 0 Å². The van der Waals surface area contributed by atoms with Gasteiger partial charge in [0.1, 0.15) is 10.8 Å². The van der Waals surface area contributed by atoms with Crippen LogP contribution in [0.2, 0.25) is 0 Å². The van der Waals surface area contributed by atoms with Crippen molar-refractivity contribution < 1.29 is 13.9 Å². The monoisotopic (exact) mass is 270 g/mol. The van der Waals surface area contributed by atoms with Gasteiger partial charge in [0.05, 0.1) is 17.9 Å². The smallest absolute Gasteiger partial charge is 0.411 e. The molecular formula is C12H15FN2O2S. The maximum absolute atomic E-state index is 13.5. The van der Waals surface area contributed by atoms with Gasteiger partial charge in [0.25, 0.3) is 0 Å². The number of rotatable bonds is 4. The SMILES string of the molecule is CC(C)COC(=O)Nc1cccc(F)c1C(N)=S. The Bertz CT molecular complexity index is 463. The summed E-state index contributed by atoms with van der Waals surface area (Å²) in [7, 11) is 0. The highest BCUT2D eigenvalue weighted by Crippen LogP contribution is 2.19. The third kappa shape index (κ3) is 3.96. The Balaban J connectivity index is 2.81. The number of anilines is 1. The lowest BCUT2D eigenvalue weighted by molar-refractivity contribution is 0.147. The van der Waals surface area contributed by atoms with E-state index in [1.807, 2.05) is 13.8 Å². The number of halogens is 1. The van der Waals surface area contributed by atoms with Crippen molar-refractivity contribution in [3.05, 3.63) is 29.6 Å². The molecule has 0 spiro atoms. The second kappa shape index (κ2) is 6.30. The number of benzene rings is 1. The topological polar surface area (TPSA) is 64.3 Å². The first-order chi connectivity index (χ1) is 8.41. The molecule has 0 fully saturated rings. The predicted octanol–water partition coefficient (Wildman–Crippen LogP) is 2.66. The Kier molecular flexibility index (Phi) is 5.03. The molecule has 0 aromatic heterocycles. The largest absolute Gasteiger partial charge is 0.449 e. The summed E-state index contributed by atoms with van der Waals surface area (Å²) < 4.78 is 18.4. The van der Waals surface area contributed by atoms with Gasteiger partial charge in [0.2, 0.25) is 0 Å². The van der Waals surface area contributed by atoms with Crippen LogP contribution >= 0.6 is 12.2 Å². The molecule has 1 aromatic rings. The summed E-state index contributed by atoms with van der Waals surface area (Å²) in [4.78, 5) is 11.3. The van der Waals surface area contributed by atoms with Crippen molar-refractivity contribution in [3.8, 4) is 0 Å². The van der Waals surface area contributed by atoms with Crippen LogP contribution in [0.4, 0.5) is 14.9 Å². The van der Waals surface area contributed by atoms with E-state index in [0.717, 1.165) is 0 Å². The number of nitrogens with one attached hydrogen (secondary N) is 1. The molecule has 1 aromatic carbocycles. The quantitative estimate of drug-likeness (QED) is 0.826. The summed E-state index contributed by atoms with van der Waals surface area (Å²) >= 11 is 4.74. The van der Waals surface area contributed by atoms with Crippen LogP contribution in [-0.4, -0.2) is 17.7 Å². The minimum Gasteiger partial charge on any atom is -0.449 e. The van der Waals surface area contributed by atoms with Gasteiger partial charge in [-0.2, -0.15) is 0 Å². The zero-order chi connectivity index (χ0) is 13.7. The van der Waals surface area contributed by atoms with E-state index in [4.69, 9.17) is 22.7 Å². The van der Waals surface area contributed by atoms with Gasteiger partial charge >= 0.3 is 6.09 Å². The summed E-state index contributed by atoms with van der Waals surface area (Å²) in [6.07, 6.45) is -0.660. The zero-order valence-corrected chi connectivity index (χ0v) is 11.0. The standard InChI is InChI=1S/C12H15FN2O2S/c1-7(2)6-17-12(16)15-9-5-3-4-8(13)10(9)11(14)18/h3-5,7H,6H2,1-2H3,(H2,14,18)(H,15,16). The normalized spacial score (nSPS) is 10.2. The fourth-order valence-electron chi connectivity index (χ4n) is 1.27. The second-order valence-corrected chi connectivity index (χ2v) is 4.58. The van der Waals surface area contributed by atoms with Crippen LogP contribution in [0.3, 0.4) is 0 Å². The highest BCUT2D eigenvalue weighted by Gasteiger charge is 2.14. The van der Waals surface area contributed by atoms with Crippen molar-refractivity contribution in [1.82, 2.24) is 0 Å². The van der Waals surface area contributed by atoms with Gasteiger partial charge in [0, 0.05) is 0 Å². The number of carbonyl (C=O) groups is 1. The molecule has 0 aliphatic rings. The van der Waals surface area contributed by atoms with E-state index < -0.39 is 11.9 Å². The molecule has 1 amide bonds. The van der Waals surface area contributed by atoms with E-state index in [1.165, 1.54) is 18.2 Å². The molecule has 98 valence electrons. The van der Waals surface area contributed by atoms with E-state index in [-0.39, 0.29) is 28.8 Å². The average Bonchev–Trinajstić information content (AvgIpc) is 2.26. The van der Waals surface area contributed by atoms with E-state index in [1.54, 1.807) is 0 Å². The minimum atomic E-state index is -0.660. The molecule has 18 heavy (non-hydrogen) atoms. The van der Waals surface area contributed by atoms with Crippen molar-refractivity contribution >= 4 is 29.0 Å². The molecular weight excluding hydrogens is 255 g/mol. The molecule has 3 N–H and O–H groups in total. The van der Waals surface area contributed by atoms with Gasteiger partial charge in [-0.15, -0.1) is 0 Å². The number of carbonyl (C=O) groups excluding carboxylic acids is 1. The Morgan fingerprint density at radius 1 is 1.56 bits per heavy atom. The third-order valence-electron chi connectivity index (χ3n) is 2.04. The third-order valence-corrected chi connectivity index (χ3v) is 2.25. The number of hydrogen-bond donors (Lipinski definition) is 2. The molecule has 0 saturated carbocycles. The van der Waals surface area contributed by atoms with Crippen LogP contribution in [0.1, 0.15) is 19.4 Å². The molecule has 0 atom stereocenters. The van der Waals surface area contributed by atoms with Gasteiger partial charge in [-0.25, -0.2) is 9.18 Å². The van der Waals surface area contributed by atoms with Crippen molar-refractivity contribution in [2.45, 2.75) is 13.8 Å². The Labute approximate surface area is 110 Å². The lowest BCUT2D eigenvalue weighted by Gasteiger charge is -2.12. The number of nitrogens with two attached hydrogens (primary N) is 1. The molecule has 0 saturated heterocycles.